The maximum absolute atomic E-state index is 12.2. The second-order valence-corrected chi connectivity index (χ2v) is 6.05. The molecular formula is C14H27Cl2N3O. The number of hydrogen-bond donors (Lipinski definition) is 1. The highest BCUT2D eigenvalue weighted by atomic mass is 35.5. The number of piperazine rings is 1. The van der Waals surface area contributed by atoms with Crippen LogP contribution in [0, 0.1) is 5.92 Å². The molecule has 0 radical (unpaired) electrons. The molecule has 0 spiro atoms. The lowest BCUT2D eigenvalue weighted by atomic mass is 9.94. The van der Waals surface area contributed by atoms with Crippen molar-refractivity contribution in [1.29, 1.82) is 0 Å². The number of nitrogens with one attached hydrogen (secondary N) is 1. The van der Waals surface area contributed by atoms with Crippen LogP contribution in [0.25, 0.3) is 0 Å². The second kappa shape index (κ2) is 8.42. The summed E-state index contributed by atoms with van der Waals surface area (Å²) in [6.45, 7) is 6.30. The van der Waals surface area contributed by atoms with Gasteiger partial charge in [0.1, 0.15) is 0 Å². The highest BCUT2D eigenvalue weighted by Gasteiger charge is 2.32. The molecule has 4 nitrogen and oxygen atoms in total. The molecule has 0 unspecified atom stereocenters. The van der Waals surface area contributed by atoms with Crippen molar-refractivity contribution in [3.8, 4) is 0 Å². The van der Waals surface area contributed by atoms with Crippen LogP contribution in [-0.4, -0.2) is 61.0 Å². The van der Waals surface area contributed by atoms with Crippen LogP contribution in [-0.2, 0) is 4.79 Å². The molecule has 0 bridgehead atoms. The molecular weight excluding hydrogens is 297 g/mol. The largest absolute Gasteiger partial charge is 0.340 e. The second-order valence-electron chi connectivity index (χ2n) is 6.05. The van der Waals surface area contributed by atoms with Gasteiger partial charge in [-0.2, -0.15) is 0 Å². The molecule has 6 heteroatoms. The number of carbonyl (C=O) groups excluding carboxylic acids is 1. The molecule has 2 aliphatic heterocycles. The fourth-order valence-corrected chi connectivity index (χ4v) is 3.24. The molecule has 1 aliphatic carbocycles. The van der Waals surface area contributed by atoms with E-state index < -0.39 is 0 Å². The highest BCUT2D eigenvalue weighted by Crippen LogP contribution is 2.27. The summed E-state index contributed by atoms with van der Waals surface area (Å²) in [5, 5.41) is 3.36. The lowest BCUT2D eigenvalue weighted by Crippen LogP contribution is -2.49. The molecule has 3 aliphatic rings. The van der Waals surface area contributed by atoms with Crippen LogP contribution >= 0.6 is 24.8 Å². The van der Waals surface area contributed by atoms with Gasteiger partial charge in [0.2, 0.25) is 5.91 Å². The van der Waals surface area contributed by atoms with Gasteiger partial charge in [0.05, 0.1) is 0 Å². The minimum absolute atomic E-state index is 0. The zero-order chi connectivity index (χ0) is 12.4. The van der Waals surface area contributed by atoms with E-state index >= 15 is 0 Å². The number of amides is 1. The van der Waals surface area contributed by atoms with E-state index in [-0.39, 0.29) is 24.8 Å². The SMILES string of the molecule is Cl.Cl.O=C(CC1CCNCC1)N1CCN(C2CC2)CC1. The van der Waals surface area contributed by atoms with E-state index in [1.807, 2.05) is 0 Å². The third-order valence-electron chi connectivity index (χ3n) is 4.65. The summed E-state index contributed by atoms with van der Waals surface area (Å²) in [7, 11) is 0. The van der Waals surface area contributed by atoms with Gasteiger partial charge in [0, 0.05) is 38.6 Å². The van der Waals surface area contributed by atoms with Crippen molar-refractivity contribution in [1.82, 2.24) is 15.1 Å². The highest BCUT2D eigenvalue weighted by molar-refractivity contribution is 5.85. The smallest absolute Gasteiger partial charge is 0.222 e. The van der Waals surface area contributed by atoms with Crippen LogP contribution in [0.4, 0.5) is 0 Å². The third-order valence-corrected chi connectivity index (χ3v) is 4.65. The van der Waals surface area contributed by atoms with E-state index in [0.717, 1.165) is 51.7 Å². The van der Waals surface area contributed by atoms with Crippen molar-refractivity contribution >= 4 is 30.7 Å². The van der Waals surface area contributed by atoms with Crippen LogP contribution in [0.2, 0.25) is 0 Å². The van der Waals surface area contributed by atoms with E-state index in [0.29, 0.717) is 11.8 Å². The lowest BCUT2D eigenvalue weighted by Gasteiger charge is -2.35. The van der Waals surface area contributed by atoms with Crippen molar-refractivity contribution < 1.29 is 4.79 Å². The van der Waals surface area contributed by atoms with Crippen molar-refractivity contribution in [2.45, 2.75) is 38.1 Å². The summed E-state index contributed by atoms with van der Waals surface area (Å²) in [6, 6.07) is 0.853. The Hall–Kier alpha value is -0.0300. The fourth-order valence-electron chi connectivity index (χ4n) is 3.24. The van der Waals surface area contributed by atoms with Crippen LogP contribution in [0.3, 0.4) is 0 Å². The molecule has 3 fully saturated rings. The molecule has 1 N–H and O–H groups in total. The molecule has 2 saturated heterocycles. The number of carbonyl (C=O) groups is 1. The Morgan fingerprint density at radius 3 is 2.10 bits per heavy atom. The average Bonchev–Trinajstić information content (AvgIpc) is 3.24. The molecule has 1 amide bonds. The maximum Gasteiger partial charge on any atom is 0.222 e. The van der Waals surface area contributed by atoms with Gasteiger partial charge in [-0.05, 0) is 44.7 Å². The summed E-state index contributed by atoms with van der Waals surface area (Å²) >= 11 is 0. The topological polar surface area (TPSA) is 35.6 Å². The van der Waals surface area contributed by atoms with E-state index in [2.05, 4.69) is 15.1 Å². The normalized spacial score (nSPS) is 24.7. The van der Waals surface area contributed by atoms with Crippen LogP contribution in [0.15, 0.2) is 0 Å². The summed E-state index contributed by atoms with van der Waals surface area (Å²) in [5.41, 5.74) is 0. The van der Waals surface area contributed by atoms with Gasteiger partial charge in [0.15, 0.2) is 0 Å². The Kier molecular flexibility index (Phi) is 7.59. The monoisotopic (exact) mass is 323 g/mol. The Labute approximate surface area is 134 Å². The van der Waals surface area contributed by atoms with Crippen LogP contribution < -0.4 is 5.32 Å². The van der Waals surface area contributed by atoms with Gasteiger partial charge in [-0.25, -0.2) is 0 Å². The van der Waals surface area contributed by atoms with E-state index in [4.69, 9.17) is 0 Å². The summed E-state index contributed by atoms with van der Waals surface area (Å²) in [5.74, 6) is 1.03. The van der Waals surface area contributed by atoms with Gasteiger partial charge >= 0.3 is 0 Å². The zero-order valence-corrected chi connectivity index (χ0v) is 13.7. The number of nitrogens with zero attached hydrogens (tertiary/aromatic N) is 2. The van der Waals surface area contributed by atoms with Crippen LogP contribution in [0.1, 0.15) is 32.1 Å². The van der Waals surface area contributed by atoms with Crippen molar-refractivity contribution in [3.63, 3.8) is 0 Å². The molecule has 3 rings (SSSR count). The summed E-state index contributed by atoms with van der Waals surface area (Å²) in [6.07, 6.45) is 5.89. The van der Waals surface area contributed by atoms with Gasteiger partial charge in [-0.1, -0.05) is 0 Å². The number of piperidine rings is 1. The van der Waals surface area contributed by atoms with E-state index in [1.165, 1.54) is 25.7 Å². The summed E-state index contributed by atoms with van der Waals surface area (Å²) in [4.78, 5) is 16.9. The van der Waals surface area contributed by atoms with E-state index in [1.54, 1.807) is 0 Å². The average molecular weight is 324 g/mol. The van der Waals surface area contributed by atoms with E-state index in [9.17, 15) is 4.79 Å². The number of rotatable bonds is 3. The Balaban J connectivity index is 0.000001000. The maximum atomic E-state index is 12.2. The quantitative estimate of drug-likeness (QED) is 0.855. The standard InChI is InChI=1S/C14H25N3O.2ClH/c18-14(11-12-3-5-15-6-4-12)17-9-7-16(8-10-17)13-1-2-13;;/h12-13,15H,1-11H2;2*1H. The minimum atomic E-state index is 0. The lowest BCUT2D eigenvalue weighted by molar-refractivity contribution is -0.134. The number of halogens is 2. The Morgan fingerprint density at radius 2 is 1.55 bits per heavy atom. The van der Waals surface area contributed by atoms with Crippen molar-refractivity contribution in [2.75, 3.05) is 39.3 Å². The minimum Gasteiger partial charge on any atom is -0.340 e. The molecule has 118 valence electrons. The first-order valence-corrected chi connectivity index (χ1v) is 7.55. The Morgan fingerprint density at radius 1 is 0.950 bits per heavy atom. The first-order chi connectivity index (χ1) is 8.83. The predicted molar refractivity (Wildman–Crippen MR) is 85.9 cm³/mol. The predicted octanol–water partition coefficient (Wildman–Crippen LogP) is 1.53. The molecule has 0 aromatic rings. The van der Waals surface area contributed by atoms with Gasteiger partial charge in [-0.15, -0.1) is 24.8 Å². The van der Waals surface area contributed by atoms with Crippen molar-refractivity contribution in [2.24, 2.45) is 5.92 Å². The molecule has 0 aromatic carbocycles. The van der Waals surface area contributed by atoms with Crippen molar-refractivity contribution in [3.05, 3.63) is 0 Å². The van der Waals surface area contributed by atoms with Gasteiger partial charge in [-0.3, -0.25) is 9.69 Å². The number of hydrogen-bond acceptors (Lipinski definition) is 3. The van der Waals surface area contributed by atoms with Crippen LogP contribution in [0.5, 0.6) is 0 Å². The molecule has 20 heavy (non-hydrogen) atoms. The van der Waals surface area contributed by atoms with Gasteiger partial charge in [0.25, 0.3) is 0 Å². The first-order valence-electron chi connectivity index (χ1n) is 7.55. The molecule has 0 aromatic heterocycles. The molecule has 2 heterocycles. The molecule has 0 atom stereocenters. The third kappa shape index (κ3) is 4.76. The zero-order valence-electron chi connectivity index (χ0n) is 12.1. The first kappa shape index (κ1) is 18.0. The molecule has 1 saturated carbocycles. The van der Waals surface area contributed by atoms with Gasteiger partial charge < -0.3 is 10.2 Å². The Bertz CT molecular complexity index is 299. The summed E-state index contributed by atoms with van der Waals surface area (Å²) < 4.78 is 0. The fraction of sp³-hybridized carbons (Fsp3) is 0.929.